The number of hydrazone groups is 1. The van der Waals surface area contributed by atoms with Crippen molar-refractivity contribution in [2.45, 2.75) is 11.9 Å². The second-order valence-corrected chi connectivity index (χ2v) is 9.48. The van der Waals surface area contributed by atoms with Crippen LogP contribution in [0.5, 0.6) is 0 Å². The SMILES string of the molecule is O=C(N/N=C\c1cc2ccccc2nc1Cl)c1ccc([C@H]2SCC(=O)N2Cc2ccccc2)cc1. The number of pyridine rings is 1. The standard InChI is InChI=1S/C27H21ClN4O2S/c28-25-22(14-21-8-4-5-9-23(21)30-25)15-29-31-26(34)19-10-12-20(13-11-19)27-32(24(33)17-35-27)16-18-6-2-1-3-7-18/h1-15,27H,16-17H2,(H,31,34)/b29-15-/t27-/m1/s1. The largest absolute Gasteiger partial charge is 0.322 e. The van der Waals surface area contributed by atoms with Crippen LogP contribution in [0.15, 0.2) is 90.0 Å². The molecule has 35 heavy (non-hydrogen) atoms. The summed E-state index contributed by atoms with van der Waals surface area (Å²) in [6.45, 7) is 0.556. The fraction of sp³-hybridized carbons (Fsp3) is 0.111. The van der Waals surface area contributed by atoms with Gasteiger partial charge < -0.3 is 4.90 Å². The first-order valence-electron chi connectivity index (χ1n) is 11.0. The molecule has 0 unspecified atom stereocenters. The molecule has 4 aromatic rings. The maximum atomic E-state index is 12.6. The summed E-state index contributed by atoms with van der Waals surface area (Å²) in [6, 6.07) is 26.7. The van der Waals surface area contributed by atoms with Crippen LogP contribution in [0.2, 0.25) is 5.15 Å². The minimum atomic E-state index is -0.339. The van der Waals surface area contributed by atoms with Crippen LogP contribution in [0.1, 0.15) is 32.4 Å². The maximum absolute atomic E-state index is 12.6. The first-order chi connectivity index (χ1) is 17.1. The summed E-state index contributed by atoms with van der Waals surface area (Å²) in [7, 11) is 0. The molecular weight excluding hydrogens is 480 g/mol. The maximum Gasteiger partial charge on any atom is 0.271 e. The van der Waals surface area contributed by atoms with Gasteiger partial charge in [-0.15, -0.1) is 11.8 Å². The molecule has 8 heteroatoms. The lowest BCUT2D eigenvalue weighted by atomic mass is 10.1. The number of thioether (sulfide) groups is 1. The Morgan fingerprint density at radius 1 is 1.09 bits per heavy atom. The van der Waals surface area contributed by atoms with Crippen LogP contribution in [0.3, 0.4) is 0 Å². The van der Waals surface area contributed by atoms with E-state index in [2.05, 4.69) is 15.5 Å². The summed E-state index contributed by atoms with van der Waals surface area (Å²) in [5, 5.41) is 5.21. The first-order valence-corrected chi connectivity index (χ1v) is 12.4. The number of fused-ring (bicyclic) bond motifs is 1. The lowest BCUT2D eigenvalue weighted by Gasteiger charge is -2.24. The van der Waals surface area contributed by atoms with Gasteiger partial charge in [0, 0.05) is 23.1 Å². The highest BCUT2D eigenvalue weighted by atomic mass is 35.5. The van der Waals surface area contributed by atoms with Gasteiger partial charge in [-0.1, -0.05) is 72.3 Å². The molecule has 0 bridgehead atoms. The monoisotopic (exact) mass is 500 g/mol. The van der Waals surface area contributed by atoms with Crippen LogP contribution in [-0.2, 0) is 11.3 Å². The average molecular weight is 501 g/mol. The number of carbonyl (C=O) groups excluding carboxylic acids is 2. The smallest absolute Gasteiger partial charge is 0.271 e. The van der Waals surface area contributed by atoms with Crippen molar-refractivity contribution in [3.63, 3.8) is 0 Å². The van der Waals surface area contributed by atoms with E-state index in [1.807, 2.05) is 77.7 Å². The average Bonchev–Trinajstić information content (AvgIpc) is 3.24. The number of hydrogen-bond acceptors (Lipinski definition) is 5. The number of aromatic nitrogens is 1. The van der Waals surface area contributed by atoms with Gasteiger partial charge in [-0.25, -0.2) is 10.4 Å². The van der Waals surface area contributed by atoms with E-state index in [1.165, 1.54) is 6.21 Å². The molecule has 0 radical (unpaired) electrons. The highest BCUT2D eigenvalue weighted by Gasteiger charge is 2.32. The predicted octanol–water partition coefficient (Wildman–Crippen LogP) is 5.43. The normalized spacial score (nSPS) is 15.7. The molecule has 1 fully saturated rings. The lowest BCUT2D eigenvalue weighted by molar-refractivity contribution is -0.128. The molecular formula is C27H21ClN4O2S. The number of benzene rings is 3. The molecule has 5 rings (SSSR count). The van der Waals surface area contributed by atoms with Gasteiger partial charge in [-0.3, -0.25) is 9.59 Å². The van der Waals surface area contributed by atoms with Crippen molar-refractivity contribution in [3.05, 3.63) is 112 Å². The molecule has 2 heterocycles. The molecule has 1 aliphatic heterocycles. The van der Waals surface area contributed by atoms with Crippen molar-refractivity contribution in [1.82, 2.24) is 15.3 Å². The highest BCUT2D eigenvalue weighted by Crippen LogP contribution is 2.39. The Bertz CT molecular complexity index is 1410. The van der Waals surface area contributed by atoms with Gasteiger partial charge >= 0.3 is 0 Å². The third kappa shape index (κ3) is 5.21. The van der Waals surface area contributed by atoms with Crippen LogP contribution in [0.25, 0.3) is 10.9 Å². The van der Waals surface area contributed by atoms with Gasteiger partial charge in [0.05, 0.1) is 17.5 Å². The van der Waals surface area contributed by atoms with Crippen molar-refractivity contribution in [1.29, 1.82) is 0 Å². The zero-order chi connectivity index (χ0) is 24.2. The molecule has 174 valence electrons. The van der Waals surface area contributed by atoms with Crippen LogP contribution in [-0.4, -0.2) is 33.7 Å². The van der Waals surface area contributed by atoms with Gasteiger partial charge in [-0.05, 0) is 35.4 Å². The zero-order valence-electron chi connectivity index (χ0n) is 18.6. The van der Waals surface area contributed by atoms with Gasteiger partial charge in [0.15, 0.2) is 0 Å². The van der Waals surface area contributed by atoms with E-state index in [9.17, 15) is 9.59 Å². The van der Waals surface area contributed by atoms with Crippen LogP contribution in [0, 0.1) is 0 Å². The first kappa shape index (κ1) is 23.1. The van der Waals surface area contributed by atoms with Gasteiger partial charge in [-0.2, -0.15) is 5.10 Å². The number of amides is 2. The number of para-hydroxylation sites is 1. The minimum Gasteiger partial charge on any atom is -0.322 e. The molecule has 6 nitrogen and oxygen atoms in total. The van der Waals surface area contributed by atoms with Gasteiger partial charge in [0.25, 0.3) is 5.91 Å². The number of nitrogens with one attached hydrogen (secondary N) is 1. The predicted molar refractivity (Wildman–Crippen MR) is 140 cm³/mol. The third-order valence-electron chi connectivity index (χ3n) is 5.70. The Kier molecular flexibility index (Phi) is 6.79. The molecule has 0 aliphatic carbocycles. The molecule has 1 atom stereocenters. The number of rotatable bonds is 6. The molecule has 3 aromatic carbocycles. The van der Waals surface area contributed by atoms with E-state index in [-0.39, 0.29) is 17.2 Å². The Balaban J connectivity index is 1.25. The molecule has 1 N–H and O–H groups in total. The number of halogens is 1. The summed E-state index contributed by atoms with van der Waals surface area (Å²) in [5.74, 6) is 0.219. The van der Waals surface area contributed by atoms with Crippen LogP contribution in [0.4, 0.5) is 0 Å². The van der Waals surface area contributed by atoms with Crippen molar-refractivity contribution < 1.29 is 9.59 Å². The molecule has 0 spiro atoms. The summed E-state index contributed by atoms with van der Waals surface area (Å²) < 4.78 is 0. The Morgan fingerprint density at radius 2 is 1.83 bits per heavy atom. The Hall–Kier alpha value is -3.68. The van der Waals surface area contributed by atoms with E-state index in [1.54, 1.807) is 23.9 Å². The van der Waals surface area contributed by atoms with Crippen molar-refractivity contribution in [2.75, 3.05) is 5.75 Å². The van der Waals surface area contributed by atoms with E-state index in [0.717, 1.165) is 22.0 Å². The number of hydrogen-bond donors (Lipinski definition) is 1. The summed E-state index contributed by atoms with van der Waals surface area (Å²) in [4.78, 5) is 31.3. The zero-order valence-corrected chi connectivity index (χ0v) is 20.2. The van der Waals surface area contributed by atoms with E-state index in [0.29, 0.717) is 28.6 Å². The second kappa shape index (κ2) is 10.3. The topological polar surface area (TPSA) is 74.7 Å². The summed E-state index contributed by atoms with van der Waals surface area (Å²) in [6.07, 6.45) is 1.48. The summed E-state index contributed by atoms with van der Waals surface area (Å²) in [5.41, 5.74) is 6.48. The molecule has 1 aromatic heterocycles. The number of nitrogens with zero attached hydrogens (tertiary/aromatic N) is 3. The van der Waals surface area contributed by atoms with E-state index in [4.69, 9.17) is 11.6 Å². The van der Waals surface area contributed by atoms with Gasteiger partial charge in [0.2, 0.25) is 5.91 Å². The lowest BCUT2D eigenvalue weighted by Crippen LogP contribution is -2.27. The third-order valence-corrected chi connectivity index (χ3v) is 7.25. The van der Waals surface area contributed by atoms with Crippen LogP contribution < -0.4 is 5.43 Å². The van der Waals surface area contributed by atoms with Crippen molar-refractivity contribution in [2.24, 2.45) is 5.10 Å². The molecule has 2 amide bonds. The van der Waals surface area contributed by atoms with E-state index < -0.39 is 0 Å². The Morgan fingerprint density at radius 3 is 2.63 bits per heavy atom. The molecule has 1 saturated heterocycles. The fourth-order valence-corrected chi connectivity index (χ4v) is 5.29. The number of carbonyl (C=O) groups is 2. The van der Waals surface area contributed by atoms with Crippen LogP contribution >= 0.6 is 23.4 Å². The quantitative estimate of drug-likeness (QED) is 0.218. The highest BCUT2D eigenvalue weighted by molar-refractivity contribution is 8.00. The fourth-order valence-electron chi connectivity index (χ4n) is 3.90. The second-order valence-electron chi connectivity index (χ2n) is 8.05. The Labute approximate surface area is 212 Å². The van der Waals surface area contributed by atoms with E-state index >= 15 is 0 Å². The molecule has 0 saturated carbocycles. The van der Waals surface area contributed by atoms with Gasteiger partial charge in [0.1, 0.15) is 10.5 Å². The molecule has 1 aliphatic rings. The van der Waals surface area contributed by atoms with Crippen molar-refractivity contribution >= 4 is 52.3 Å². The summed E-state index contributed by atoms with van der Waals surface area (Å²) >= 11 is 7.84. The van der Waals surface area contributed by atoms with Crippen molar-refractivity contribution in [3.8, 4) is 0 Å². The minimum absolute atomic E-state index is 0.0830.